The molecule has 2 bridgehead atoms. The van der Waals surface area contributed by atoms with Crippen molar-refractivity contribution in [2.24, 2.45) is 5.92 Å². The summed E-state index contributed by atoms with van der Waals surface area (Å²) in [6, 6.07) is 29.2. The minimum atomic E-state index is -0.569. The van der Waals surface area contributed by atoms with Gasteiger partial charge in [-0.15, -0.1) is 0 Å². The summed E-state index contributed by atoms with van der Waals surface area (Å²) < 4.78 is 12.7. The highest BCUT2D eigenvalue weighted by Crippen LogP contribution is 2.37. The van der Waals surface area contributed by atoms with Gasteiger partial charge in [-0.2, -0.15) is 4.98 Å². The first-order valence-electron chi connectivity index (χ1n) is 13.4. The number of esters is 1. The zero-order valence-electron chi connectivity index (χ0n) is 21.4. The number of fused-ring (bicyclic) bond motifs is 3. The lowest BCUT2D eigenvalue weighted by molar-refractivity contribution is -0.958. The number of carbonyl (C=O) groups is 1. The van der Waals surface area contributed by atoms with Crippen molar-refractivity contribution in [3.63, 3.8) is 0 Å². The minimum absolute atomic E-state index is 0.121. The highest BCUT2D eigenvalue weighted by Gasteiger charge is 2.48. The summed E-state index contributed by atoms with van der Waals surface area (Å²) in [4.78, 5) is 18.3. The summed E-state index contributed by atoms with van der Waals surface area (Å²) in [5, 5.41) is 7.69. The molecule has 2 unspecified atom stereocenters. The molecule has 194 valence electrons. The van der Waals surface area contributed by atoms with Gasteiger partial charge in [0.05, 0.1) is 19.5 Å². The van der Waals surface area contributed by atoms with Gasteiger partial charge in [-0.3, -0.25) is 0 Å². The largest absolute Gasteiger partial charge is 0.454 e. The van der Waals surface area contributed by atoms with Crippen LogP contribution in [-0.4, -0.2) is 46.3 Å². The van der Waals surface area contributed by atoms with Gasteiger partial charge in [-0.25, -0.2) is 4.79 Å². The van der Waals surface area contributed by atoms with E-state index < -0.39 is 6.04 Å². The van der Waals surface area contributed by atoms with E-state index in [1.54, 1.807) is 0 Å². The summed E-state index contributed by atoms with van der Waals surface area (Å²) in [7, 11) is 0. The number of piperidine rings is 3. The quantitative estimate of drug-likeness (QED) is 0.248. The van der Waals surface area contributed by atoms with E-state index >= 15 is 0 Å². The topological polar surface area (TPSA) is 77.2 Å². The number of ether oxygens (including phenoxy) is 1. The molecule has 3 aliphatic rings. The van der Waals surface area contributed by atoms with Gasteiger partial charge in [0.1, 0.15) is 13.1 Å². The second-order valence-corrected chi connectivity index (χ2v) is 10.6. The molecule has 4 heterocycles. The fraction of sp³-hybridized carbons (Fsp3) is 0.323. The Bertz CT molecular complexity index is 1340. The Kier molecular flexibility index (Phi) is 6.92. The number of nitrogens with zero attached hydrogens (tertiary/aromatic N) is 3. The van der Waals surface area contributed by atoms with Crippen LogP contribution in [0.15, 0.2) is 95.5 Å². The number of carbonyl (C=O) groups excluding carboxylic acids is 1. The number of rotatable bonds is 9. The number of hydrogen-bond acceptors (Lipinski definition) is 6. The van der Waals surface area contributed by atoms with Gasteiger partial charge in [-0.1, -0.05) is 84.0 Å². The molecule has 0 spiro atoms. The van der Waals surface area contributed by atoms with E-state index in [9.17, 15) is 4.79 Å². The van der Waals surface area contributed by atoms with Crippen molar-refractivity contribution in [2.45, 2.75) is 38.0 Å². The van der Waals surface area contributed by atoms with Crippen LogP contribution in [0.25, 0.3) is 0 Å². The maximum atomic E-state index is 13.6. The van der Waals surface area contributed by atoms with Gasteiger partial charge in [0, 0.05) is 24.4 Å². The van der Waals surface area contributed by atoms with Gasteiger partial charge in [-0.05, 0) is 23.3 Å². The molecule has 2 atom stereocenters. The monoisotopic (exact) mass is 509 g/mol. The molecule has 38 heavy (non-hydrogen) atoms. The summed E-state index contributed by atoms with van der Waals surface area (Å²) in [6.07, 6.45) is 2.58. The zero-order chi connectivity index (χ0) is 25.8. The third-order valence-corrected chi connectivity index (χ3v) is 7.95. The standard InChI is InChI=1S/C31H33N4O3/c36-31(30(25-12-6-2-7-13-25)32-26-14-8-3-9-15-26)37-27-21-35(18-16-24(27)17-19-35)22-28-33-29(38-34-28)20-23-10-4-1-5-11-23/h1-15,24,27,30,32H,16-22H2/q+1. The van der Waals surface area contributed by atoms with Crippen molar-refractivity contribution >= 4 is 11.7 Å². The second-order valence-electron chi connectivity index (χ2n) is 10.6. The van der Waals surface area contributed by atoms with Crippen molar-refractivity contribution in [1.29, 1.82) is 0 Å². The Hall–Kier alpha value is -3.97. The van der Waals surface area contributed by atoms with Crippen molar-refractivity contribution in [1.82, 2.24) is 10.1 Å². The molecule has 0 radical (unpaired) electrons. The van der Waals surface area contributed by atoms with Crippen LogP contribution in [0.1, 0.15) is 41.7 Å². The molecule has 0 amide bonds. The van der Waals surface area contributed by atoms with Crippen LogP contribution in [-0.2, 0) is 22.5 Å². The number of hydrogen-bond donors (Lipinski definition) is 1. The van der Waals surface area contributed by atoms with E-state index in [2.05, 4.69) is 22.6 Å². The summed E-state index contributed by atoms with van der Waals surface area (Å²) in [5.41, 5.74) is 2.93. The molecule has 3 aliphatic heterocycles. The predicted octanol–water partition coefficient (Wildman–Crippen LogP) is 5.17. The molecular weight excluding hydrogens is 476 g/mol. The first-order chi connectivity index (χ1) is 18.7. The number of para-hydroxylation sites is 1. The average Bonchev–Trinajstić information content (AvgIpc) is 3.39. The molecule has 0 aliphatic carbocycles. The van der Waals surface area contributed by atoms with Gasteiger partial charge < -0.3 is 19.1 Å². The third kappa shape index (κ3) is 5.48. The van der Waals surface area contributed by atoms with Crippen LogP contribution in [0, 0.1) is 5.92 Å². The normalized spacial score (nSPS) is 23.1. The highest BCUT2D eigenvalue weighted by molar-refractivity contribution is 5.81. The van der Waals surface area contributed by atoms with E-state index in [1.807, 2.05) is 78.9 Å². The third-order valence-electron chi connectivity index (χ3n) is 7.95. The molecule has 0 saturated carbocycles. The van der Waals surface area contributed by atoms with E-state index in [4.69, 9.17) is 14.2 Å². The van der Waals surface area contributed by atoms with Gasteiger partial charge in [0.25, 0.3) is 0 Å². The first kappa shape index (κ1) is 24.4. The lowest BCUT2D eigenvalue weighted by atomic mass is 9.83. The van der Waals surface area contributed by atoms with Crippen molar-refractivity contribution < 1.29 is 18.5 Å². The van der Waals surface area contributed by atoms with Crippen LogP contribution < -0.4 is 5.32 Å². The number of anilines is 1. The SMILES string of the molecule is O=C(OC1C[N+]2(Cc3noc(Cc4ccccc4)n3)CCC1CC2)C(Nc1ccccc1)c1ccccc1. The fourth-order valence-corrected chi connectivity index (χ4v) is 5.92. The smallest absolute Gasteiger partial charge is 0.333 e. The van der Waals surface area contributed by atoms with Gasteiger partial charge >= 0.3 is 5.97 Å². The zero-order valence-corrected chi connectivity index (χ0v) is 21.4. The highest BCUT2D eigenvalue weighted by atomic mass is 16.5. The van der Waals surface area contributed by atoms with Gasteiger partial charge in [0.2, 0.25) is 11.7 Å². The predicted molar refractivity (Wildman–Crippen MR) is 144 cm³/mol. The Balaban J connectivity index is 1.14. The van der Waals surface area contributed by atoms with Crippen molar-refractivity contribution in [2.75, 3.05) is 25.0 Å². The van der Waals surface area contributed by atoms with Crippen LogP contribution in [0.5, 0.6) is 0 Å². The number of benzene rings is 3. The molecule has 3 saturated heterocycles. The maximum Gasteiger partial charge on any atom is 0.333 e. The molecule has 7 heteroatoms. The van der Waals surface area contributed by atoms with Crippen molar-refractivity contribution in [3.05, 3.63) is 114 Å². The van der Waals surface area contributed by atoms with Gasteiger partial charge in [0.15, 0.2) is 12.1 Å². The Morgan fingerprint density at radius 1 is 0.947 bits per heavy atom. The number of aromatic nitrogens is 2. The number of quaternary nitrogens is 1. The Morgan fingerprint density at radius 2 is 1.61 bits per heavy atom. The summed E-state index contributed by atoms with van der Waals surface area (Å²) in [6.45, 7) is 3.58. The second kappa shape index (κ2) is 10.8. The average molecular weight is 510 g/mol. The van der Waals surface area contributed by atoms with E-state index in [-0.39, 0.29) is 12.1 Å². The lowest BCUT2D eigenvalue weighted by Crippen LogP contribution is -2.64. The van der Waals surface area contributed by atoms with Crippen LogP contribution in [0.4, 0.5) is 5.69 Å². The van der Waals surface area contributed by atoms with E-state index in [1.165, 1.54) is 0 Å². The maximum absolute atomic E-state index is 13.6. The minimum Gasteiger partial charge on any atom is -0.454 e. The van der Waals surface area contributed by atoms with Crippen LogP contribution >= 0.6 is 0 Å². The molecular formula is C31H33N4O3+. The van der Waals surface area contributed by atoms with Crippen molar-refractivity contribution in [3.8, 4) is 0 Å². The van der Waals surface area contributed by atoms with E-state index in [0.717, 1.165) is 59.6 Å². The molecule has 3 aromatic carbocycles. The first-order valence-corrected chi connectivity index (χ1v) is 13.4. The molecule has 1 N–H and O–H groups in total. The van der Waals surface area contributed by atoms with E-state index in [0.29, 0.717) is 24.8 Å². The lowest BCUT2D eigenvalue weighted by Gasteiger charge is -2.51. The van der Waals surface area contributed by atoms with Crippen LogP contribution in [0.2, 0.25) is 0 Å². The van der Waals surface area contributed by atoms with Crippen LogP contribution in [0.3, 0.4) is 0 Å². The Labute approximate surface area is 223 Å². The fourth-order valence-electron chi connectivity index (χ4n) is 5.92. The molecule has 7 nitrogen and oxygen atoms in total. The molecule has 3 fully saturated rings. The molecule has 7 rings (SSSR count). The molecule has 4 aromatic rings. The Morgan fingerprint density at radius 3 is 2.32 bits per heavy atom. The number of nitrogens with one attached hydrogen (secondary N) is 1. The summed E-state index contributed by atoms with van der Waals surface area (Å²) in [5.74, 6) is 1.53. The summed E-state index contributed by atoms with van der Waals surface area (Å²) >= 11 is 0. The molecule has 1 aromatic heterocycles.